The third kappa shape index (κ3) is 5.11. The summed E-state index contributed by atoms with van der Waals surface area (Å²) in [5.74, 6) is 0.0458. The number of amides is 1. The van der Waals surface area contributed by atoms with Crippen LogP contribution in [0.15, 0.2) is 77.7 Å². The molecule has 3 rings (SSSR count). The van der Waals surface area contributed by atoms with Gasteiger partial charge in [0.15, 0.2) is 0 Å². The molecule has 8 heteroatoms. The van der Waals surface area contributed by atoms with E-state index in [4.69, 9.17) is 16.3 Å². The molecule has 3 aromatic carbocycles. The Morgan fingerprint density at radius 2 is 1.70 bits per heavy atom. The van der Waals surface area contributed by atoms with Gasteiger partial charge in [0.05, 0.1) is 17.7 Å². The van der Waals surface area contributed by atoms with Crippen LogP contribution in [0.25, 0.3) is 0 Å². The molecule has 30 heavy (non-hydrogen) atoms. The summed E-state index contributed by atoms with van der Waals surface area (Å²) in [5.41, 5.74) is 1.85. The number of hydrogen-bond donors (Lipinski definition) is 1. The van der Waals surface area contributed by atoms with Gasteiger partial charge in [-0.1, -0.05) is 35.4 Å². The summed E-state index contributed by atoms with van der Waals surface area (Å²) in [4.78, 5) is 12.7. The van der Waals surface area contributed by atoms with E-state index in [2.05, 4.69) is 5.32 Å². The largest absolute Gasteiger partial charge is 0.497 e. The lowest BCUT2D eigenvalue weighted by atomic mass is 10.2. The number of nitrogens with zero attached hydrogens (tertiary/aromatic N) is 1. The number of ether oxygens (including phenoxy) is 1. The summed E-state index contributed by atoms with van der Waals surface area (Å²) in [6.07, 6.45) is 0. The summed E-state index contributed by atoms with van der Waals surface area (Å²) < 4.78 is 32.9. The Bertz CT molecular complexity index is 1130. The number of carbonyl (C=O) groups excluding carboxylic acids is 1. The first kappa shape index (κ1) is 21.7. The maximum Gasteiger partial charge on any atom is 0.264 e. The lowest BCUT2D eigenvalue weighted by Gasteiger charge is -2.24. The van der Waals surface area contributed by atoms with E-state index in [1.807, 2.05) is 6.92 Å². The Balaban J connectivity index is 1.93. The topological polar surface area (TPSA) is 75.7 Å². The number of methoxy groups -OCH3 is 1. The normalized spacial score (nSPS) is 11.0. The molecule has 0 aliphatic carbocycles. The average molecular weight is 445 g/mol. The van der Waals surface area contributed by atoms with E-state index in [9.17, 15) is 13.2 Å². The molecular formula is C22H21ClN2O4S. The maximum absolute atomic E-state index is 13.3. The van der Waals surface area contributed by atoms with Gasteiger partial charge in [-0.15, -0.1) is 0 Å². The van der Waals surface area contributed by atoms with Crippen LogP contribution in [0.3, 0.4) is 0 Å². The van der Waals surface area contributed by atoms with Crippen molar-refractivity contribution in [3.8, 4) is 5.75 Å². The first-order valence-corrected chi connectivity index (χ1v) is 10.9. The van der Waals surface area contributed by atoms with Gasteiger partial charge in [-0.05, 0) is 61.5 Å². The summed E-state index contributed by atoms with van der Waals surface area (Å²) in [6, 6.07) is 19.6. The molecule has 0 saturated carbocycles. The van der Waals surface area contributed by atoms with Crippen LogP contribution in [0.2, 0.25) is 5.02 Å². The zero-order valence-corrected chi connectivity index (χ0v) is 18.1. The molecule has 0 atom stereocenters. The minimum Gasteiger partial charge on any atom is -0.497 e. The van der Waals surface area contributed by atoms with E-state index < -0.39 is 22.5 Å². The second kappa shape index (κ2) is 9.19. The first-order valence-electron chi connectivity index (χ1n) is 9.08. The third-order valence-corrected chi connectivity index (χ3v) is 6.39. The van der Waals surface area contributed by atoms with Crippen LogP contribution < -0.4 is 14.4 Å². The molecule has 156 valence electrons. The van der Waals surface area contributed by atoms with Crippen molar-refractivity contribution in [3.05, 3.63) is 83.4 Å². The second-order valence-corrected chi connectivity index (χ2v) is 8.88. The van der Waals surface area contributed by atoms with Crippen molar-refractivity contribution in [2.45, 2.75) is 11.8 Å². The molecule has 0 heterocycles. The van der Waals surface area contributed by atoms with Crippen molar-refractivity contribution >= 4 is 38.9 Å². The molecule has 0 radical (unpaired) electrons. The molecule has 0 aliphatic heterocycles. The van der Waals surface area contributed by atoms with Crippen molar-refractivity contribution in [2.75, 3.05) is 23.3 Å². The molecule has 0 saturated heterocycles. The standard InChI is InChI=1S/C22H21ClN2O4S/c1-16-6-8-19(9-7-16)25(15-22(26)24-18-5-3-4-17(23)14-18)30(27,28)21-12-10-20(29-2)11-13-21/h3-14H,15H2,1-2H3,(H,24,26). The molecule has 3 aromatic rings. The Labute approximate surface area is 181 Å². The predicted octanol–water partition coefficient (Wildman–Crippen LogP) is 4.49. The number of benzene rings is 3. The van der Waals surface area contributed by atoms with E-state index in [1.54, 1.807) is 60.7 Å². The van der Waals surface area contributed by atoms with Gasteiger partial charge < -0.3 is 10.1 Å². The fraction of sp³-hybridized carbons (Fsp3) is 0.136. The van der Waals surface area contributed by atoms with Crippen molar-refractivity contribution in [1.82, 2.24) is 0 Å². The molecule has 0 fully saturated rings. The van der Waals surface area contributed by atoms with E-state index in [0.29, 0.717) is 22.1 Å². The third-order valence-electron chi connectivity index (χ3n) is 4.36. The SMILES string of the molecule is COc1ccc(S(=O)(=O)N(CC(=O)Nc2cccc(Cl)c2)c2ccc(C)cc2)cc1. The lowest BCUT2D eigenvalue weighted by Crippen LogP contribution is -2.38. The average Bonchev–Trinajstić information content (AvgIpc) is 2.73. The lowest BCUT2D eigenvalue weighted by molar-refractivity contribution is -0.114. The fourth-order valence-corrected chi connectivity index (χ4v) is 4.41. The number of carbonyl (C=O) groups is 1. The molecule has 1 amide bonds. The van der Waals surface area contributed by atoms with E-state index in [-0.39, 0.29) is 4.90 Å². The van der Waals surface area contributed by atoms with Gasteiger partial charge in [-0.2, -0.15) is 0 Å². The Morgan fingerprint density at radius 3 is 2.30 bits per heavy atom. The van der Waals surface area contributed by atoms with Crippen molar-refractivity contribution < 1.29 is 17.9 Å². The maximum atomic E-state index is 13.3. The van der Waals surface area contributed by atoms with Crippen LogP contribution in [0, 0.1) is 6.92 Å². The summed E-state index contributed by atoms with van der Waals surface area (Å²) in [7, 11) is -2.49. The molecular weight excluding hydrogens is 424 g/mol. The minimum atomic E-state index is -4.00. The smallest absolute Gasteiger partial charge is 0.264 e. The molecule has 0 aliphatic rings. The highest BCUT2D eigenvalue weighted by molar-refractivity contribution is 7.92. The van der Waals surface area contributed by atoms with E-state index >= 15 is 0 Å². The van der Waals surface area contributed by atoms with Gasteiger partial charge in [0, 0.05) is 10.7 Å². The van der Waals surface area contributed by atoms with Crippen LogP contribution in [-0.4, -0.2) is 28.0 Å². The number of halogens is 1. The molecule has 1 N–H and O–H groups in total. The van der Waals surface area contributed by atoms with Crippen molar-refractivity contribution in [1.29, 1.82) is 0 Å². The van der Waals surface area contributed by atoms with Gasteiger partial charge >= 0.3 is 0 Å². The number of rotatable bonds is 7. The van der Waals surface area contributed by atoms with Crippen molar-refractivity contribution in [3.63, 3.8) is 0 Å². The summed E-state index contributed by atoms with van der Waals surface area (Å²) >= 11 is 5.95. The fourth-order valence-electron chi connectivity index (χ4n) is 2.80. The molecule has 0 spiro atoms. The van der Waals surface area contributed by atoms with Crippen LogP contribution in [0.5, 0.6) is 5.75 Å². The van der Waals surface area contributed by atoms with Crippen LogP contribution in [0.1, 0.15) is 5.56 Å². The van der Waals surface area contributed by atoms with Gasteiger partial charge in [-0.3, -0.25) is 9.10 Å². The number of hydrogen-bond acceptors (Lipinski definition) is 4. The van der Waals surface area contributed by atoms with E-state index in [1.165, 1.54) is 19.2 Å². The molecule has 0 aromatic heterocycles. The van der Waals surface area contributed by atoms with E-state index in [0.717, 1.165) is 9.87 Å². The summed E-state index contributed by atoms with van der Waals surface area (Å²) in [5, 5.41) is 3.15. The quantitative estimate of drug-likeness (QED) is 0.582. The first-order chi connectivity index (χ1) is 14.3. The molecule has 6 nitrogen and oxygen atoms in total. The van der Waals surface area contributed by atoms with Crippen LogP contribution in [0.4, 0.5) is 11.4 Å². The van der Waals surface area contributed by atoms with Crippen LogP contribution >= 0.6 is 11.6 Å². The zero-order chi connectivity index (χ0) is 21.7. The van der Waals surface area contributed by atoms with Gasteiger partial charge in [0.1, 0.15) is 12.3 Å². The van der Waals surface area contributed by atoms with Gasteiger partial charge in [-0.25, -0.2) is 8.42 Å². The highest BCUT2D eigenvalue weighted by atomic mass is 35.5. The van der Waals surface area contributed by atoms with Crippen LogP contribution in [-0.2, 0) is 14.8 Å². The molecule has 0 unspecified atom stereocenters. The minimum absolute atomic E-state index is 0.0550. The second-order valence-electron chi connectivity index (χ2n) is 6.58. The molecule has 0 bridgehead atoms. The number of anilines is 2. The van der Waals surface area contributed by atoms with Crippen molar-refractivity contribution in [2.24, 2.45) is 0 Å². The number of nitrogens with one attached hydrogen (secondary N) is 1. The predicted molar refractivity (Wildman–Crippen MR) is 119 cm³/mol. The van der Waals surface area contributed by atoms with Gasteiger partial charge in [0.25, 0.3) is 10.0 Å². The van der Waals surface area contributed by atoms with Gasteiger partial charge in [0.2, 0.25) is 5.91 Å². The number of sulfonamides is 1. The highest BCUT2D eigenvalue weighted by Crippen LogP contribution is 2.26. The summed E-state index contributed by atoms with van der Waals surface area (Å²) in [6.45, 7) is 1.50. The Hall–Kier alpha value is -3.03. The highest BCUT2D eigenvalue weighted by Gasteiger charge is 2.27. The number of aryl methyl sites for hydroxylation is 1. The Kier molecular flexibility index (Phi) is 6.64. The monoisotopic (exact) mass is 444 g/mol. The Morgan fingerprint density at radius 1 is 1.03 bits per heavy atom. The zero-order valence-electron chi connectivity index (χ0n) is 16.5.